The normalized spacial score (nSPS) is 10.1. The monoisotopic (exact) mass is 271 g/mol. The molecule has 0 aliphatic carbocycles. The lowest BCUT2D eigenvalue weighted by molar-refractivity contribution is -0.113. The summed E-state index contributed by atoms with van der Waals surface area (Å²) < 4.78 is 18.0. The van der Waals surface area contributed by atoms with Gasteiger partial charge in [0.1, 0.15) is 5.56 Å². The predicted octanol–water partition coefficient (Wildman–Crippen LogP) is 1.62. The Morgan fingerprint density at radius 2 is 2.11 bits per heavy atom. The highest BCUT2D eigenvalue weighted by atomic mass is 19.1. The van der Waals surface area contributed by atoms with Gasteiger partial charge in [0.05, 0.1) is 18.9 Å². The molecule has 0 fully saturated rings. The number of nitrogens with zero attached hydrogens (tertiary/aromatic N) is 1. The number of rotatable bonds is 6. The molecule has 19 heavy (non-hydrogen) atoms. The van der Waals surface area contributed by atoms with Crippen molar-refractivity contribution in [2.45, 2.75) is 13.8 Å². The highest BCUT2D eigenvalue weighted by Crippen LogP contribution is 2.31. The molecule has 0 saturated carbocycles. The molecule has 6 nitrogen and oxygen atoms in total. The van der Waals surface area contributed by atoms with Crippen LogP contribution in [-0.2, 0) is 14.4 Å². The summed E-state index contributed by atoms with van der Waals surface area (Å²) in [5, 5.41) is 10.3. The Labute approximate surface area is 109 Å². The maximum atomic E-state index is 13.3. The van der Waals surface area contributed by atoms with Crippen molar-refractivity contribution in [2.24, 2.45) is 0 Å². The van der Waals surface area contributed by atoms with Crippen LogP contribution < -0.4 is 5.06 Å². The largest absolute Gasteiger partial charge is 0.504 e. The Morgan fingerprint density at radius 3 is 2.63 bits per heavy atom. The van der Waals surface area contributed by atoms with E-state index in [4.69, 9.17) is 9.57 Å². The summed E-state index contributed by atoms with van der Waals surface area (Å²) in [5.74, 6) is -2.82. The van der Waals surface area contributed by atoms with Crippen LogP contribution in [0.5, 0.6) is 5.75 Å². The van der Waals surface area contributed by atoms with E-state index in [0.717, 1.165) is 17.2 Å². The second-order valence-electron chi connectivity index (χ2n) is 3.36. The van der Waals surface area contributed by atoms with E-state index < -0.39 is 23.1 Å². The van der Waals surface area contributed by atoms with Crippen LogP contribution in [0.3, 0.4) is 0 Å². The van der Waals surface area contributed by atoms with Crippen molar-refractivity contribution in [3.05, 3.63) is 23.5 Å². The Morgan fingerprint density at radius 1 is 1.42 bits per heavy atom. The van der Waals surface area contributed by atoms with Crippen molar-refractivity contribution in [1.82, 2.24) is 0 Å². The number of amides is 1. The van der Waals surface area contributed by atoms with E-state index in [2.05, 4.69) is 0 Å². The molecule has 1 aromatic carbocycles. The number of ether oxygens (including phenoxy) is 1. The van der Waals surface area contributed by atoms with Crippen molar-refractivity contribution in [2.75, 3.05) is 18.3 Å². The van der Waals surface area contributed by atoms with Crippen LogP contribution in [0.15, 0.2) is 12.1 Å². The zero-order valence-corrected chi connectivity index (χ0v) is 10.6. The minimum atomic E-state index is -0.992. The first kappa shape index (κ1) is 14.9. The van der Waals surface area contributed by atoms with Gasteiger partial charge < -0.3 is 9.84 Å². The Hall–Kier alpha value is -2.15. The van der Waals surface area contributed by atoms with Gasteiger partial charge in [-0.3, -0.25) is 9.63 Å². The van der Waals surface area contributed by atoms with E-state index >= 15 is 0 Å². The van der Waals surface area contributed by atoms with E-state index in [1.807, 2.05) is 0 Å². The number of anilines is 1. The first-order valence-electron chi connectivity index (χ1n) is 5.62. The third kappa shape index (κ3) is 3.19. The average Bonchev–Trinajstić information content (AvgIpc) is 2.39. The number of carbonyl (C=O) groups is 2. The minimum Gasteiger partial charge on any atom is -0.504 e. The summed E-state index contributed by atoms with van der Waals surface area (Å²) in [7, 11) is 0. The van der Waals surface area contributed by atoms with Crippen LogP contribution in [-0.4, -0.2) is 30.7 Å². The van der Waals surface area contributed by atoms with Crippen molar-refractivity contribution in [3.8, 4) is 5.75 Å². The molecule has 0 aromatic heterocycles. The predicted molar refractivity (Wildman–Crippen MR) is 64.2 cm³/mol. The number of phenols is 1. The molecule has 0 spiro atoms. The van der Waals surface area contributed by atoms with Gasteiger partial charge in [0.2, 0.25) is 6.41 Å². The summed E-state index contributed by atoms with van der Waals surface area (Å²) in [6, 6.07) is 2.06. The quantitative estimate of drug-likeness (QED) is 0.483. The Kier molecular flexibility index (Phi) is 5.25. The molecule has 0 aliphatic rings. The highest BCUT2D eigenvalue weighted by Gasteiger charge is 2.24. The third-order valence-corrected chi connectivity index (χ3v) is 2.19. The SMILES string of the molecule is CCOC(=O)c1c(N(C=O)OCC)ccc(F)c1O. The molecule has 1 aromatic rings. The van der Waals surface area contributed by atoms with Crippen LogP contribution >= 0.6 is 0 Å². The standard InChI is InChI=1S/C12H14FNO5/c1-3-18-12(17)10-9(14(7-15)19-4-2)6-5-8(13)11(10)16/h5-7,16H,3-4H2,1-2H3. The lowest BCUT2D eigenvalue weighted by atomic mass is 10.1. The molecule has 0 atom stereocenters. The van der Waals surface area contributed by atoms with E-state index in [1.54, 1.807) is 13.8 Å². The molecular weight excluding hydrogens is 257 g/mol. The van der Waals surface area contributed by atoms with Gasteiger partial charge in [-0.2, -0.15) is 5.06 Å². The fraction of sp³-hybridized carbons (Fsp3) is 0.333. The van der Waals surface area contributed by atoms with Crippen molar-refractivity contribution >= 4 is 18.1 Å². The molecule has 0 aliphatic heterocycles. The number of hydroxylamine groups is 1. The van der Waals surface area contributed by atoms with Gasteiger partial charge in [-0.1, -0.05) is 0 Å². The Bertz CT molecular complexity index is 477. The summed E-state index contributed by atoms with van der Waals surface area (Å²) in [6.07, 6.45) is 0.304. The van der Waals surface area contributed by atoms with Crippen LogP contribution in [0, 0.1) is 5.82 Å². The fourth-order valence-corrected chi connectivity index (χ4v) is 1.44. The van der Waals surface area contributed by atoms with Gasteiger partial charge in [0, 0.05) is 0 Å². The zero-order chi connectivity index (χ0) is 14.4. The van der Waals surface area contributed by atoms with E-state index in [9.17, 15) is 19.1 Å². The molecule has 104 valence electrons. The molecule has 7 heteroatoms. The van der Waals surface area contributed by atoms with Gasteiger partial charge in [-0.15, -0.1) is 0 Å². The smallest absolute Gasteiger partial charge is 0.344 e. The van der Waals surface area contributed by atoms with Gasteiger partial charge in [0.25, 0.3) is 0 Å². The summed E-state index contributed by atoms with van der Waals surface area (Å²) in [5.41, 5.74) is -0.545. The summed E-state index contributed by atoms with van der Waals surface area (Å²) in [4.78, 5) is 27.6. The lowest BCUT2D eigenvalue weighted by Gasteiger charge is -2.19. The van der Waals surface area contributed by atoms with E-state index in [1.165, 1.54) is 0 Å². The number of phenolic OH excluding ortho intramolecular Hbond substituents is 1. The molecular formula is C12H14FNO5. The second-order valence-corrected chi connectivity index (χ2v) is 3.36. The number of benzene rings is 1. The second kappa shape index (κ2) is 6.69. The number of carbonyl (C=O) groups excluding carboxylic acids is 2. The zero-order valence-electron chi connectivity index (χ0n) is 10.6. The first-order valence-corrected chi connectivity index (χ1v) is 5.62. The van der Waals surface area contributed by atoms with Crippen molar-refractivity contribution < 1.29 is 28.7 Å². The van der Waals surface area contributed by atoms with E-state index in [-0.39, 0.29) is 18.9 Å². The maximum Gasteiger partial charge on any atom is 0.344 e. The Balaban J connectivity index is 3.34. The van der Waals surface area contributed by atoms with Gasteiger partial charge >= 0.3 is 5.97 Å². The van der Waals surface area contributed by atoms with Crippen molar-refractivity contribution in [1.29, 1.82) is 0 Å². The highest BCUT2D eigenvalue weighted by molar-refractivity contribution is 6.00. The number of esters is 1. The van der Waals surface area contributed by atoms with Crippen LogP contribution in [0.4, 0.5) is 10.1 Å². The van der Waals surface area contributed by atoms with Gasteiger partial charge in [-0.05, 0) is 26.0 Å². The molecule has 1 rings (SSSR count). The summed E-state index contributed by atoms with van der Waals surface area (Å²) in [6.45, 7) is 3.39. The van der Waals surface area contributed by atoms with Crippen molar-refractivity contribution in [3.63, 3.8) is 0 Å². The summed E-state index contributed by atoms with van der Waals surface area (Å²) >= 11 is 0. The first-order chi connectivity index (χ1) is 9.06. The number of aromatic hydroxyl groups is 1. The third-order valence-electron chi connectivity index (χ3n) is 2.19. The lowest BCUT2D eigenvalue weighted by Crippen LogP contribution is -2.24. The average molecular weight is 271 g/mol. The molecule has 0 radical (unpaired) electrons. The number of hydrogen-bond donors (Lipinski definition) is 1. The minimum absolute atomic E-state index is 0.0456. The topological polar surface area (TPSA) is 76.1 Å². The van der Waals surface area contributed by atoms with Crippen LogP contribution in [0.25, 0.3) is 0 Å². The van der Waals surface area contributed by atoms with Crippen LogP contribution in [0.2, 0.25) is 0 Å². The van der Waals surface area contributed by atoms with E-state index in [0.29, 0.717) is 6.41 Å². The molecule has 0 bridgehead atoms. The number of hydrogen-bond acceptors (Lipinski definition) is 5. The molecule has 0 saturated heterocycles. The molecule has 1 amide bonds. The maximum absolute atomic E-state index is 13.3. The fourth-order valence-electron chi connectivity index (χ4n) is 1.44. The van der Waals surface area contributed by atoms with Gasteiger partial charge in [0.15, 0.2) is 11.6 Å². The van der Waals surface area contributed by atoms with Gasteiger partial charge in [-0.25, -0.2) is 9.18 Å². The molecule has 0 heterocycles. The van der Waals surface area contributed by atoms with Crippen LogP contribution in [0.1, 0.15) is 24.2 Å². The molecule has 1 N–H and O–H groups in total. The number of halogens is 1. The molecule has 0 unspecified atom stereocenters.